The number of carbonyl (C=O) groups excluding carboxylic acids is 2. The van der Waals surface area contributed by atoms with E-state index in [1.165, 1.54) is 22.7 Å². The first kappa shape index (κ1) is 22.9. The molecule has 2 aromatic rings. The molecule has 1 fully saturated rings. The van der Waals surface area contributed by atoms with E-state index in [9.17, 15) is 9.59 Å². The van der Waals surface area contributed by atoms with E-state index in [4.69, 9.17) is 0 Å². The van der Waals surface area contributed by atoms with Crippen LogP contribution < -0.4 is 16.0 Å². The van der Waals surface area contributed by atoms with Gasteiger partial charge < -0.3 is 10.6 Å². The van der Waals surface area contributed by atoms with E-state index in [2.05, 4.69) is 27.9 Å². The molecule has 144 valence electrons. The van der Waals surface area contributed by atoms with Crippen LogP contribution in [0.2, 0.25) is 0 Å². The second kappa shape index (κ2) is 10.8. The van der Waals surface area contributed by atoms with E-state index in [0.717, 1.165) is 19.5 Å². The molecule has 2 atom stereocenters. The van der Waals surface area contributed by atoms with Gasteiger partial charge in [0, 0.05) is 18.0 Å². The van der Waals surface area contributed by atoms with Crippen LogP contribution in [-0.2, 0) is 11.2 Å². The van der Waals surface area contributed by atoms with E-state index in [-0.39, 0.29) is 49.1 Å². The fourth-order valence-electron chi connectivity index (χ4n) is 2.62. The highest BCUT2D eigenvalue weighted by molar-refractivity contribution is 7.14. The van der Waals surface area contributed by atoms with Gasteiger partial charge in [0.15, 0.2) is 5.13 Å². The van der Waals surface area contributed by atoms with E-state index >= 15 is 0 Å². The van der Waals surface area contributed by atoms with Gasteiger partial charge >= 0.3 is 0 Å². The van der Waals surface area contributed by atoms with E-state index < -0.39 is 0 Å². The number of thiophene rings is 1. The van der Waals surface area contributed by atoms with Crippen LogP contribution in [0.25, 0.3) is 0 Å². The number of anilines is 1. The Bertz CT molecular complexity index is 709. The molecular formula is C16H22Cl2N4O2S2. The lowest BCUT2D eigenvalue weighted by Gasteiger charge is -2.30. The Hall–Kier alpha value is -1.19. The monoisotopic (exact) mass is 436 g/mol. The van der Waals surface area contributed by atoms with Crippen LogP contribution in [-0.4, -0.2) is 35.9 Å². The number of thiazole rings is 1. The normalized spacial score (nSPS) is 19.0. The zero-order valence-electron chi connectivity index (χ0n) is 14.2. The molecule has 6 nitrogen and oxygen atoms in total. The molecule has 1 aliphatic rings. The average Bonchev–Trinajstić information content (AvgIpc) is 3.21. The highest BCUT2D eigenvalue weighted by Crippen LogP contribution is 2.18. The molecule has 3 rings (SSSR count). The molecule has 2 aromatic heterocycles. The first-order chi connectivity index (χ1) is 11.6. The summed E-state index contributed by atoms with van der Waals surface area (Å²) in [7, 11) is 0. The van der Waals surface area contributed by atoms with Crippen molar-refractivity contribution >= 4 is 64.4 Å². The van der Waals surface area contributed by atoms with Crippen LogP contribution in [0.1, 0.15) is 28.7 Å². The smallest absolute Gasteiger partial charge is 0.267 e. The van der Waals surface area contributed by atoms with Crippen LogP contribution >= 0.6 is 47.5 Å². The number of hydrogen-bond acceptors (Lipinski definition) is 6. The third kappa shape index (κ3) is 6.21. The van der Waals surface area contributed by atoms with Gasteiger partial charge in [0.05, 0.1) is 17.0 Å². The number of aromatic nitrogens is 1. The van der Waals surface area contributed by atoms with Gasteiger partial charge in [0.1, 0.15) is 0 Å². The third-order valence-electron chi connectivity index (χ3n) is 4.03. The molecule has 3 N–H and O–H groups in total. The fraction of sp³-hybridized carbons (Fsp3) is 0.438. The molecule has 10 heteroatoms. The molecular weight excluding hydrogens is 415 g/mol. The summed E-state index contributed by atoms with van der Waals surface area (Å²) in [4.78, 5) is 29.1. The summed E-state index contributed by atoms with van der Waals surface area (Å²) in [6.45, 7) is 3.98. The summed E-state index contributed by atoms with van der Waals surface area (Å²) >= 11 is 2.72. The highest BCUT2D eigenvalue weighted by atomic mass is 35.5. The molecule has 2 amide bonds. The van der Waals surface area contributed by atoms with Gasteiger partial charge in [-0.15, -0.1) is 47.5 Å². The largest absolute Gasteiger partial charge is 0.351 e. The Morgan fingerprint density at radius 1 is 1.35 bits per heavy atom. The van der Waals surface area contributed by atoms with Crippen molar-refractivity contribution in [3.63, 3.8) is 0 Å². The van der Waals surface area contributed by atoms with Crippen LogP contribution in [0.15, 0.2) is 22.9 Å². The van der Waals surface area contributed by atoms with E-state index in [1.807, 2.05) is 16.8 Å². The molecule has 1 aliphatic heterocycles. The summed E-state index contributed by atoms with van der Waals surface area (Å²) in [5, 5.41) is 13.3. The van der Waals surface area contributed by atoms with Crippen molar-refractivity contribution in [1.29, 1.82) is 0 Å². The van der Waals surface area contributed by atoms with Crippen LogP contribution in [0, 0.1) is 5.92 Å². The summed E-state index contributed by atoms with van der Waals surface area (Å²) in [6.07, 6.45) is 1.30. The van der Waals surface area contributed by atoms with Crippen molar-refractivity contribution in [1.82, 2.24) is 15.6 Å². The summed E-state index contributed by atoms with van der Waals surface area (Å²) < 4.78 is 0. The number of nitrogens with one attached hydrogen (secondary N) is 3. The minimum Gasteiger partial charge on any atom is -0.351 e. The molecule has 1 saturated heterocycles. The third-order valence-corrected chi connectivity index (χ3v) is 5.71. The molecule has 0 radical (unpaired) electrons. The van der Waals surface area contributed by atoms with E-state index in [0.29, 0.717) is 21.6 Å². The standard InChI is InChI=1S/C16H20N4O2S2.2ClH/c1-10-4-5-17-8-12(10)19-14(21)7-11-9-24-16(18-11)20-15(22)13-3-2-6-23-13;;/h2-3,6,9-10,12,17H,4-5,7-8H2,1H3,(H,19,21)(H,18,20,22);2*1H. The number of halogens is 2. The molecule has 0 saturated carbocycles. The first-order valence-corrected chi connectivity index (χ1v) is 9.67. The maximum atomic E-state index is 12.2. The number of nitrogens with zero attached hydrogens (tertiary/aromatic N) is 1. The average molecular weight is 437 g/mol. The zero-order valence-corrected chi connectivity index (χ0v) is 17.5. The van der Waals surface area contributed by atoms with E-state index in [1.54, 1.807) is 6.07 Å². The lowest BCUT2D eigenvalue weighted by atomic mass is 9.95. The Labute approximate surface area is 173 Å². The number of rotatable bonds is 5. The summed E-state index contributed by atoms with van der Waals surface area (Å²) in [5.74, 6) is 0.278. The number of piperidine rings is 1. The van der Waals surface area contributed by atoms with Gasteiger partial charge in [0.2, 0.25) is 5.91 Å². The maximum absolute atomic E-state index is 12.2. The quantitative estimate of drug-likeness (QED) is 0.672. The predicted octanol–water partition coefficient (Wildman–Crippen LogP) is 2.96. The lowest BCUT2D eigenvalue weighted by Crippen LogP contribution is -2.50. The van der Waals surface area contributed by atoms with Crippen molar-refractivity contribution < 1.29 is 9.59 Å². The van der Waals surface area contributed by atoms with Crippen molar-refractivity contribution in [3.8, 4) is 0 Å². The number of hydrogen-bond donors (Lipinski definition) is 3. The van der Waals surface area contributed by atoms with Crippen LogP contribution in [0.5, 0.6) is 0 Å². The lowest BCUT2D eigenvalue weighted by molar-refractivity contribution is -0.121. The number of carbonyl (C=O) groups is 2. The topological polar surface area (TPSA) is 83.1 Å². The van der Waals surface area contributed by atoms with Crippen LogP contribution in [0.3, 0.4) is 0 Å². The maximum Gasteiger partial charge on any atom is 0.267 e. The summed E-state index contributed by atoms with van der Waals surface area (Å²) in [6, 6.07) is 3.77. The molecule has 26 heavy (non-hydrogen) atoms. The second-order valence-electron chi connectivity index (χ2n) is 5.90. The number of amides is 2. The van der Waals surface area contributed by atoms with Gasteiger partial charge in [-0.25, -0.2) is 4.98 Å². The summed E-state index contributed by atoms with van der Waals surface area (Å²) in [5.41, 5.74) is 0.676. The van der Waals surface area contributed by atoms with Gasteiger partial charge in [-0.1, -0.05) is 13.0 Å². The Morgan fingerprint density at radius 3 is 2.85 bits per heavy atom. The minimum atomic E-state index is -0.169. The Morgan fingerprint density at radius 2 is 2.15 bits per heavy atom. The molecule has 0 spiro atoms. The zero-order chi connectivity index (χ0) is 16.9. The Kier molecular flexibility index (Phi) is 9.52. The van der Waals surface area contributed by atoms with Crippen molar-refractivity contribution in [3.05, 3.63) is 33.5 Å². The molecule has 3 heterocycles. The van der Waals surface area contributed by atoms with Gasteiger partial charge in [-0.3, -0.25) is 14.9 Å². The predicted molar refractivity (Wildman–Crippen MR) is 111 cm³/mol. The van der Waals surface area contributed by atoms with Crippen molar-refractivity contribution in [2.45, 2.75) is 25.8 Å². The first-order valence-electron chi connectivity index (χ1n) is 7.91. The van der Waals surface area contributed by atoms with Crippen molar-refractivity contribution in [2.75, 3.05) is 18.4 Å². The Balaban J connectivity index is 0.00000169. The van der Waals surface area contributed by atoms with Crippen LogP contribution in [0.4, 0.5) is 5.13 Å². The minimum absolute atomic E-state index is 0. The molecule has 0 aromatic carbocycles. The van der Waals surface area contributed by atoms with Gasteiger partial charge in [-0.2, -0.15) is 0 Å². The second-order valence-corrected chi connectivity index (χ2v) is 7.70. The fourth-order valence-corrected chi connectivity index (χ4v) is 3.94. The van der Waals surface area contributed by atoms with Crippen molar-refractivity contribution in [2.24, 2.45) is 5.92 Å². The molecule has 2 unspecified atom stereocenters. The SMILES string of the molecule is CC1CCNCC1NC(=O)Cc1csc(NC(=O)c2cccs2)n1.Cl.Cl. The van der Waals surface area contributed by atoms with Gasteiger partial charge in [-0.05, 0) is 30.3 Å². The van der Waals surface area contributed by atoms with Gasteiger partial charge in [0.25, 0.3) is 5.91 Å². The molecule has 0 bridgehead atoms. The molecule has 0 aliphatic carbocycles. The highest BCUT2D eigenvalue weighted by Gasteiger charge is 2.22.